The molecular weight excluding hydrogens is 500 g/mol. The van der Waals surface area contributed by atoms with Gasteiger partial charge in [-0.15, -0.1) is 0 Å². The van der Waals surface area contributed by atoms with Crippen molar-refractivity contribution >= 4 is 23.4 Å². The fraction of sp³-hybridized carbons (Fsp3) is 0.323. The highest BCUT2D eigenvalue weighted by atomic mass is 16.2. The van der Waals surface area contributed by atoms with Gasteiger partial charge in [0.25, 0.3) is 0 Å². The SMILES string of the molecule is [C-]#[N+]c1ccc(CNC(=O)C(CC2CCCCC2)Nc2cc(-n3cccc3)nc(NCc3cccnc3)n2)cc1. The maximum Gasteiger partial charge on any atom is 0.242 e. The van der Waals surface area contributed by atoms with Crippen LogP contribution < -0.4 is 16.0 Å². The molecule has 3 aromatic heterocycles. The summed E-state index contributed by atoms with van der Waals surface area (Å²) in [7, 11) is 0. The summed E-state index contributed by atoms with van der Waals surface area (Å²) < 4.78 is 1.92. The van der Waals surface area contributed by atoms with Crippen molar-refractivity contribution < 1.29 is 4.79 Å². The third kappa shape index (κ3) is 7.44. The van der Waals surface area contributed by atoms with E-state index in [1.807, 2.05) is 65.6 Å². The number of nitrogens with zero attached hydrogens (tertiary/aromatic N) is 5. The molecule has 1 aliphatic rings. The molecule has 204 valence electrons. The molecule has 0 radical (unpaired) electrons. The minimum Gasteiger partial charge on any atom is -0.358 e. The Morgan fingerprint density at radius 1 is 1.00 bits per heavy atom. The van der Waals surface area contributed by atoms with Crippen molar-refractivity contribution in [2.45, 2.75) is 57.7 Å². The number of benzene rings is 1. The highest BCUT2D eigenvalue weighted by Crippen LogP contribution is 2.28. The zero-order chi connectivity index (χ0) is 27.6. The normalized spacial score (nSPS) is 14.2. The molecule has 3 heterocycles. The van der Waals surface area contributed by atoms with Crippen molar-refractivity contribution in [1.29, 1.82) is 0 Å². The van der Waals surface area contributed by atoms with Crippen molar-refractivity contribution in [3.63, 3.8) is 0 Å². The van der Waals surface area contributed by atoms with Gasteiger partial charge in [0.2, 0.25) is 11.9 Å². The quantitative estimate of drug-likeness (QED) is 0.207. The number of anilines is 2. The molecule has 3 N–H and O–H groups in total. The monoisotopic (exact) mass is 534 g/mol. The highest BCUT2D eigenvalue weighted by molar-refractivity contribution is 5.84. The Balaban J connectivity index is 1.35. The fourth-order valence-corrected chi connectivity index (χ4v) is 5.06. The van der Waals surface area contributed by atoms with Crippen LogP contribution in [0.25, 0.3) is 10.7 Å². The lowest BCUT2D eigenvalue weighted by atomic mass is 9.84. The molecule has 40 heavy (non-hydrogen) atoms. The molecule has 0 saturated heterocycles. The Hall–Kier alpha value is -4.71. The van der Waals surface area contributed by atoms with Crippen LogP contribution in [0.2, 0.25) is 0 Å². The Labute approximate surface area is 234 Å². The first-order valence-electron chi connectivity index (χ1n) is 13.8. The van der Waals surface area contributed by atoms with Crippen LogP contribution in [-0.2, 0) is 17.9 Å². The molecule has 1 fully saturated rings. The molecule has 0 bridgehead atoms. The van der Waals surface area contributed by atoms with E-state index in [0.717, 1.165) is 30.4 Å². The topological polar surface area (TPSA) is 101 Å². The van der Waals surface area contributed by atoms with Gasteiger partial charge in [0.05, 0.1) is 6.57 Å². The molecule has 1 aliphatic carbocycles. The second-order valence-corrected chi connectivity index (χ2v) is 10.2. The van der Waals surface area contributed by atoms with Gasteiger partial charge in [-0.1, -0.05) is 62.4 Å². The number of pyridine rings is 1. The number of aromatic nitrogens is 4. The van der Waals surface area contributed by atoms with Crippen molar-refractivity contribution in [1.82, 2.24) is 24.8 Å². The minimum absolute atomic E-state index is 0.0641. The lowest BCUT2D eigenvalue weighted by Gasteiger charge is -2.27. The van der Waals surface area contributed by atoms with Gasteiger partial charge >= 0.3 is 0 Å². The van der Waals surface area contributed by atoms with Gasteiger partial charge in [-0.2, -0.15) is 9.97 Å². The lowest BCUT2D eigenvalue weighted by Crippen LogP contribution is -2.41. The van der Waals surface area contributed by atoms with E-state index < -0.39 is 6.04 Å². The van der Waals surface area contributed by atoms with Gasteiger partial charge in [0.15, 0.2) is 5.69 Å². The third-order valence-corrected chi connectivity index (χ3v) is 7.22. The average molecular weight is 535 g/mol. The van der Waals surface area contributed by atoms with Crippen LogP contribution in [0.5, 0.6) is 0 Å². The van der Waals surface area contributed by atoms with Gasteiger partial charge in [-0.3, -0.25) is 9.78 Å². The number of nitrogens with one attached hydrogen (secondary N) is 3. The van der Waals surface area contributed by atoms with Crippen LogP contribution in [0.3, 0.4) is 0 Å². The molecule has 1 amide bonds. The summed E-state index contributed by atoms with van der Waals surface area (Å²) in [6.45, 7) is 8.07. The van der Waals surface area contributed by atoms with E-state index >= 15 is 0 Å². The maximum atomic E-state index is 13.5. The number of rotatable bonds is 11. The summed E-state index contributed by atoms with van der Waals surface area (Å²) in [6, 6.07) is 16.5. The van der Waals surface area contributed by atoms with Crippen LogP contribution in [0, 0.1) is 12.5 Å². The molecule has 1 saturated carbocycles. The lowest BCUT2D eigenvalue weighted by molar-refractivity contribution is -0.122. The molecular formula is C31H34N8O. The predicted octanol–water partition coefficient (Wildman–Crippen LogP) is 5.89. The Morgan fingerprint density at radius 2 is 1.80 bits per heavy atom. The molecule has 0 spiro atoms. The van der Waals surface area contributed by atoms with E-state index in [1.165, 1.54) is 19.3 Å². The van der Waals surface area contributed by atoms with Crippen molar-refractivity contribution in [2.24, 2.45) is 5.92 Å². The smallest absolute Gasteiger partial charge is 0.242 e. The molecule has 1 atom stereocenters. The van der Waals surface area contributed by atoms with E-state index in [0.29, 0.717) is 42.3 Å². The maximum absolute atomic E-state index is 13.5. The molecule has 5 rings (SSSR count). The van der Waals surface area contributed by atoms with Gasteiger partial charge < -0.3 is 20.5 Å². The Morgan fingerprint density at radius 3 is 2.52 bits per heavy atom. The summed E-state index contributed by atoms with van der Waals surface area (Å²) >= 11 is 0. The van der Waals surface area contributed by atoms with E-state index in [1.54, 1.807) is 18.3 Å². The number of carbonyl (C=O) groups is 1. The molecule has 4 aromatic rings. The third-order valence-electron chi connectivity index (χ3n) is 7.22. The highest BCUT2D eigenvalue weighted by Gasteiger charge is 2.25. The number of hydrogen-bond donors (Lipinski definition) is 3. The Kier molecular flexibility index (Phi) is 8.99. The second-order valence-electron chi connectivity index (χ2n) is 10.2. The zero-order valence-corrected chi connectivity index (χ0v) is 22.5. The van der Waals surface area contributed by atoms with Crippen molar-refractivity contribution in [3.8, 4) is 5.82 Å². The van der Waals surface area contributed by atoms with Crippen molar-refractivity contribution in [3.05, 3.63) is 102 Å². The van der Waals surface area contributed by atoms with Crippen LogP contribution >= 0.6 is 0 Å². The molecule has 1 aromatic carbocycles. The number of hydrogen-bond acceptors (Lipinski definition) is 6. The molecule has 9 nitrogen and oxygen atoms in total. The standard InChI is InChI=1S/C31H34N8O/c1-32-26-13-11-24(12-14-26)21-34-30(40)27(18-23-8-3-2-4-9-23)36-28-19-29(39-16-5-6-17-39)38-31(37-28)35-22-25-10-7-15-33-20-25/h5-7,10-17,19-20,23,27H,2-4,8-9,18,21-22H2,(H,34,40)(H2,35,36,37,38). The second kappa shape index (κ2) is 13.4. The van der Waals surface area contributed by atoms with E-state index in [-0.39, 0.29) is 5.91 Å². The van der Waals surface area contributed by atoms with E-state index in [4.69, 9.17) is 16.5 Å². The summed E-state index contributed by atoms with van der Waals surface area (Å²) in [5.41, 5.74) is 2.56. The van der Waals surface area contributed by atoms with Crippen LogP contribution in [0.15, 0.2) is 79.4 Å². The molecule has 0 aliphatic heterocycles. The van der Waals surface area contributed by atoms with Crippen molar-refractivity contribution in [2.75, 3.05) is 10.6 Å². The largest absolute Gasteiger partial charge is 0.358 e. The number of carbonyl (C=O) groups excluding carboxylic acids is 1. The first-order valence-corrected chi connectivity index (χ1v) is 13.8. The summed E-state index contributed by atoms with van der Waals surface area (Å²) in [5, 5.41) is 9.86. The first kappa shape index (κ1) is 26.9. The zero-order valence-electron chi connectivity index (χ0n) is 22.5. The summed E-state index contributed by atoms with van der Waals surface area (Å²) in [4.78, 5) is 30.6. The predicted molar refractivity (Wildman–Crippen MR) is 156 cm³/mol. The summed E-state index contributed by atoms with van der Waals surface area (Å²) in [5.74, 6) is 2.18. The van der Waals surface area contributed by atoms with Gasteiger partial charge in [0.1, 0.15) is 17.7 Å². The average Bonchev–Trinajstić information content (AvgIpc) is 3.55. The van der Waals surface area contributed by atoms with Crippen LogP contribution in [-0.4, -0.2) is 31.5 Å². The summed E-state index contributed by atoms with van der Waals surface area (Å²) in [6.07, 6.45) is 14.1. The van der Waals surface area contributed by atoms with Gasteiger partial charge in [-0.05, 0) is 41.7 Å². The van der Waals surface area contributed by atoms with Crippen LogP contribution in [0.4, 0.5) is 17.5 Å². The van der Waals surface area contributed by atoms with Crippen LogP contribution in [0.1, 0.15) is 49.7 Å². The Bertz CT molecular complexity index is 1410. The van der Waals surface area contributed by atoms with E-state index in [9.17, 15) is 4.79 Å². The van der Waals surface area contributed by atoms with Gasteiger partial charge in [0, 0.05) is 43.9 Å². The number of amides is 1. The first-order chi connectivity index (χ1) is 19.7. The fourth-order valence-electron chi connectivity index (χ4n) is 5.06. The van der Waals surface area contributed by atoms with Gasteiger partial charge in [-0.25, -0.2) is 4.85 Å². The minimum atomic E-state index is -0.441. The molecule has 9 heteroatoms. The molecule has 1 unspecified atom stereocenters. The van der Waals surface area contributed by atoms with E-state index in [2.05, 4.69) is 25.8 Å².